The van der Waals surface area contributed by atoms with Crippen molar-refractivity contribution in [1.29, 1.82) is 0 Å². The van der Waals surface area contributed by atoms with Gasteiger partial charge in [-0.25, -0.2) is 0 Å². The molecule has 0 aliphatic rings. The molecule has 4 aromatic rings. The van der Waals surface area contributed by atoms with E-state index in [0.29, 0.717) is 28.4 Å². The zero-order valence-corrected chi connectivity index (χ0v) is 15.3. The second-order valence-electron chi connectivity index (χ2n) is 5.99. The Labute approximate surface area is 160 Å². The molecule has 2 aromatic carbocycles. The predicted octanol–water partition coefficient (Wildman–Crippen LogP) is 3.06. The number of hydrogen-bond donors (Lipinski definition) is 1. The van der Waals surface area contributed by atoms with Crippen molar-refractivity contribution in [2.45, 2.75) is 0 Å². The number of methoxy groups -OCH3 is 2. The molecule has 140 valence electrons. The van der Waals surface area contributed by atoms with Gasteiger partial charge >= 0.3 is 0 Å². The Morgan fingerprint density at radius 1 is 0.964 bits per heavy atom. The molecule has 0 saturated carbocycles. The first-order valence-electron chi connectivity index (χ1n) is 8.48. The highest BCUT2D eigenvalue weighted by atomic mass is 16.5. The Balaban J connectivity index is 1.53. The van der Waals surface area contributed by atoms with E-state index in [9.17, 15) is 4.79 Å². The van der Waals surface area contributed by atoms with Gasteiger partial charge in [0.15, 0.2) is 5.65 Å². The molecule has 4 rings (SSSR count). The fourth-order valence-corrected chi connectivity index (χ4v) is 2.75. The van der Waals surface area contributed by atoms with E-state index in [2.05, 4.69) is 20.6 Å². The molecule has 0 unspecified atom stereocenters. The van der Waals surface area contributed by atoms with Crippen LogP contribution < -0.4 is 14.8 Å². The lowest BCUT2D eigenvalue weighted by Gasteiger charge is -2.10. The fraction of sp³-hybridized carbons (Fsp3) is 0.100. The Morgan fingerprint density at radius 3 is 2.36 bits per heavy atom. The molecule has 28 heavy (non-hydrogen) atoms. The summed E-state index contributed by atoms with van der Waals surface area (Å²) in [6.45, 7) is 0. The maximum Gasteiger partial charge on any atom is 0.255 e. The normalized spacial score (nSPS) is 10.6. The molecule has 1 amide bonds. The minimum absolute atomic E-state index is 0.256. The van der Waals surface area contributed by atoms with Crippen molar-refractivity contribution < 1.29 is 14.3 Å². The minimum Gasteiger partial charge on any atom is -0.497 e. The van der Waals surface area contributed by atoms with Gasteiger partial charge in [-0.2, -0.15) is 9.61 Å². The van der Waals surface area contributed by atoms with Gasteiger partial charge in [0.25, 0.3) is 5.91 Å². The van der Waals surface area contributed by atoms with Gasteiger partial charge in [0.05, 0.1) is 19.9 Å². The maximum atomic E-state index is 12.6. The lowest BCUT2D eigenvalue weighted by Crippen LogP contribution is -2.12. The fourth-order valence-electron chi connectivity index (χ4n) is 2.75. The Morgan fingerprint density at radius 2 is 1.68 bits per heavy atom. The number of anilines is 1. The van der Waals surface area contributed by atoms with Crippen LogP contribution in [0.4, 0.5) is 5.69 Å². The smallest absolute Gasteiger partial charge is 0.255 e. The quantitative estimate of drug-likeness (QED) is 0.576. The molecule has 0 bridgehead atoms. The Kier molecular flexibility index (Phi) is 4.59. The van der Waals surface area contributed by atoms with Crippen LogP contribution in [0.1, 0.15) is 10.4 Å². The second-order valence-corrected chi connectivity index (χ2v) is 5.99. The van der Waals surface area contributed by atoms with Gasteiger partial charge in [0, 0.05) is 22.9 Å². The number of benzene rings is 2. The van der Waals surface area contributed by atoms with Gasteiger partial charge in [-0.05, 0) is 36.4 Å². The molecule has 0 spiro atoms. The highest BCUT2D eigenvalue weighted by Crippen LogP contribution is 2.24. The van der Waals surface area contributed by atoms with Crippen molar-refractivity contribution in [3.05, 3.63) is 66.5 Å². The first-order chi connectivity index (χ1) is 13.7. The van der Waals surface area contributed by atoms with Crippen LogP contribution in [0.5, 0.6) is 11.5 Å². The summed E-state index contributed by atoms with van der Waals surface area (Å²) in [7, 11) is 3.08. The van der Waals surface area contributed by atoms with Gasteiger partial charge in [-0.1, -0.05) is 12.1 Å². The molecule has 2 aromatic heterocycles. The third kappa shape index (κ3) is 3.48. The SMILES string of the molecule is COc1cc(OC)cc(C(=O)Nc2ccc(-c3ccc4nncn4n3)cc2)c1. The van der Waals surface area contributed by atoms with Gasteiger partial charge < -0.3 is 14.8 Å². The van der Waals surface area contributed by atoms with Gasteiger partial charge in [0.2, 0.25) is 0 Å². The van der Waals surface area contributed by atoms with Crippen LogP contribution in [0.15, 0.2) is 60.9 Å². The largest absolute Gasteiger partial charge is 0.497 e. The van der Waals surface area contributed by atoms with E-state index < -0.39 is 0 Å². The van der Waals surface area contributed by atoms with E-state index in [4.69, 9.17) is 9.47 Å². The van der Waals surface area contributed by atoms with Crippen LogP contribution >= 0.6 is 0 Å². The lowest BCUT2D eigenvalue weighted by atomic mass is 10.1. The van der Waals surface area contributed by atoms with Crippen molar-refractivity contribution in [2.75, 3.05) is 19.5 Å². The van der Waals surface area contributed by atoms with E-state index in [1.54, 1.807) is 43.3 Å². The molecule has 8 nitrogen and oxygen atoms in total. The molecule has 0 saturated heterocycles. The zero-order chi connectivity index (χ0) is 19.5. The van der Waals surface area contributed by atoms with Crippen molar-refractivity contribution in [2.24, 2.45) is 0 Å². The van der Waals surface area contributed by atoms with Crippen LogP contribution in [0, 0.1) is 0 Å². The average molecular weight is 375 g/mol. The van der Waals surface area contributed by atoms with Crippen molar-refractivity contribution in [1.82, 2.24) is 19.8 Å². The number of fused-ring (bicyclic) bond motifs is 1. The van der Waals surface area contributed by atoms with Crippen LogP contribution in [0.2, 0.25) is 0 Å². The molecule has 8 heteroatoms. The van der Waals surface area contributed by atoms with E-state index >= 15 is 0 Å². The Bertz CT molecular complexity index is 1120. The number of carbonyl (C=O) groups excluding carboxylic acids is 1. The summed E-state index contributed by atoms with van der Waals surface area (Å²) >= 11 is 0. The molecular weight excluding hydrogens is 358 g/mol. The molecular formula is C20H17N5O3. The standard InChI is InChI=1S/C20H17N5O3/c1-27-16-9-14(10-17(11-16)28-2)20(26)22-15-5-3-13(4-6-15)18-7-8-19-23-21-12-25(19)24-18/h3-12H,1-2H3,(H,22,26). The highest BCUT2D eigenvalue weighted by Gasteiger charge is 2.11. The van der Waals surface area contributed by atoms with Crippen molar-refractivity contribution >= 4 is 17.2 Å². The highest BCUT2D eigenvalue weighted by molar-refractivity contribution is 6.04. The monoisotopic (exact) mass is 375 g/mol. The summed E-state index contributed by atoms with van der Waals surface area (Å²) < 4.78 is 12.0. The number of aromatic nitrogens is 4. The number of hydrogen-bond acceptors (Lipinski definition) is 6. The van der Waals surface area contributed by atoms with Crippen molar-refractivity contribution in [3.63, 3.8) is 0 Å². The number of nitrogens with zero attached hydrogens (tertiary/aromatic N) is 4. The predicted molar refractivity (Wildman–Crippen MR) is 104 cm³/mol. The number of amides is 1. The number of nitrogens with one attached hydrogen (secondary N) is 1. The molecule has 1 N–H and O–H groups in total. The molecule has 2 heterocycles. The number of carbonyl (C=O) groups is 1. The van der Waals surface area contributed by atoms with E-state index in [-0.39, 0.29) is 5.91 Å². The van der Waals surface area contributed by atoms with Gasteiger partial charge in [0.1, 0.15) is 17.8 Å². The summed E-state index contributed by atoms with van der Waals surface area (Å²) in [4.78, 5) is 12.6. The Hall–Kier alpha value is -3.94. The summed E-state index contributed by atoms with van der Waals surface area (Å²) in [6.07, 6.45) is 1.55. The van der Waals surface area contributed by atoms with Gasteiger partial charge in [-0.3, -0.25) is 4.79 Å². The van der Waals surface area contributed by atoms with Crippen LogP contribution in [-0.2, 0) is 0 Å². The average Bonchev–Trinajstić information content (AvgIpc) is 3.21. The van der Waals surface area contributed by atoms with Crippen molar-refractivity contribution in [3.8, 4) is 22.8 Å². The summed E-state index contributed by atoms with van der Waals surface area (Å²) in [5, 5.41) is 15.1. The molecule has 0 fully saturated rings. The van der Waals surface area contributed by atoms with E-state index in [1.807, 2.05) is 36.4 Å². The molecule has 0 radical (unpaired) electrons. The van der Waals surface area contributed by atoms with Crippen LogP contribution in [-0.4, -0.2) is 39.9 Å². The third-order valence-corrected chi connectivity index (χ3v) is 4.21. The topological polar surface area (TPSA) is 90.6 Å². The van der Waals surface area contributed by atoms with E-state index in [1.165, 1.54) is 0 Å². The summed E-state index contributed by atoms with van der Waals surface area (Å²) in [5.41, 5.74) is 3.49. The molecule has 0 atom stereocenters. The van der Waals surface area contributed by atoms with Crippen LogP contribution in [0.3, 0.4) is 0 Å². The zero-order valence-electron chi connectivity index (χ0n) is 15.3. The number of rotatable bonds is 5. The van der Waals surface area contributed by atoms with E-state index in [0.717, 1.165) is 11.3 Å². The third-order valence-electron chi connectivity index (χ3n) is 4.21. The minimum atomic E-state index is -0.256. The molecule has 0 aliphatic heterocycles. The second kappa shape index (κ2) is 7.36. The van der Waals surface area contributed by atoms with Crippen LogP contribution in [0.25, 0.3) is 16.9 Å². The van der Waals surface area contributed by atoms with Gasteiger partial charge in [-0.15, -0.1) is 10.2 Å². The summed E-state index contributed by atoms with van der Waals surface area (Å²) in [5.74, 6) is 0.847. The first-order valence-corrected chi connectivity index (χ1v) is 8.48. The molecule has 0 aliphatic carbocycles. The summed E-state index contributed by atoms with van der Waals surface area (Å²) in [6, 6.07) is 16.2. The lowest BCUT2D eigenvalue weighted by molar-refractivity contribution is 0.102. The maximum absolute atomic E-state index is 12.6. The first kappa shape index (κ1) is 17.5. The number of ether oxygens (including phenoxy) is 2.